The number of methoxy groups -OCH3 is 1. The van der Waals surface area contributed by atoms with E-state index in [1.165, 1.54) is 25.8 Å². The summed E-state index contributed by atoms with van der Waals surface area (Å²) in [6, 6.07) is 1.39. The second-order valence-electron chi connectivity index (χ2n) is 6.76. The average molecular weight is 298 g/mol. The SMILES string of the molecule is CCC(C)C1CNC(C2CC2)CN1CCOCCCOC. The quantitative estimate of drug-likeness (QED) is 0.627. The van der Waals surface area contributed by atoms with Crippen LogP contribution in [0.5, 0.6) is 0 Å². The lowest BCUT2D eigenvalue weighted by atomic mass is 9.93. The Kier molecular flexibility index (Phi) is 7.44. The molecule has 0 spiro atoms. The zero-order valence-corrected chi connectivity index (χ0v) is 14.1. The van der Waals surface area contributed by atoms with E-state index in [2.05, 4.69) is 24.1 Å². The number of nitrogens with zero attached hydrogens (tertiary/aromatic N) is 1. The van der Waals surface area contributed by atoms with Crippen molar-refractivity contribution in [1.82, 2.24) is 10.2 Å². The van der Waals surface area contributed by atoms with Crippen LogP contribution in [-0.2, 0) is 9.47 Å². The minimum atomic E-state index is 0.674. The van der Waals surface area contributed by atoms with Crippen LogP contribution in [0.4, 0.5) is 0 Å². The first-order chi connectivity index (χ1) is 10.3. The first-order valence-electron chi connectivity index (χ1n) is 8.80. The molecule has 4 heteroatoms. The van der Waals surface area contributed by atoms with E-state index in [0.29, 0.717) is 6.04 Å². The van der Waals surface area contributed by atoms with Gasteiger partial charge in [-0.3, -0.25) is 4.90 Å². The third kappa shape index (κ3) is 5.51. The molecule has 0 bridgehead atoms. The predicted molar refractivity (Wildman–Crippen MR) is 86.6 cm³/mol. The number of piperazine rings is 1. The average Bonchev–Trinajstić information content (AvgIpc) is 3.34. The van der Waals surface area contributed by atoms with E-state index in [-0.39, 0.29) is 0 Å². The normalized spacial score (nSPS) is 28.7. The van der Waals surface area contributed by atoms with E-state index in [1.807, 2.05) is 0 Å². The molecule has 0 radical (unpaired) electrons. The lowest BCUT2D eigenvalue weighted by Crippen LogP contribution is -2.59. The van der Waals surface area contributed by atoms with Crippen molar-refractivity contribution < 1.29 is 9.47 Å². The van der Waals surface area contributed by atoms with Gasteiger partial charge in [-0.15, -0.1) is 0 Å². The van der Waals surface area contributed by atoms with Crippen LogP contribution in [0.3, 0.4) is 0 Å². The highest BCUT2D eigenvalue weighted by Gasteiger charge is 2.38. The van der Waals surface area contributed by atoms with Gasteiger partial charge in [0.05, 0.1) is 6.61 Å². The first-order valence-corrected chi connectivity index (χ1v) is 8.80. The molecule has 2 fully saturated rings. The Labute approximate surface area is 130 Å². The lowest BCUT2D eigenvalue weighted by Gasteiger charge is -2.43. The van der Waals surface area contributed by atoms with Gasteiger partial charge in [0.25, 0.3) is 0 Å². The Morgan fingerprint density at radius 3 is 2.71 bits per heavy atom. The van der Waals surface area contributed by atoms with E-state index in [0.717, 1.165) is 57.2 Å². The van der Waals surface area contributed by atoms with Gasteiger partial charge in [-0.1, -0.05) is 20.3 Å². The Morgan fingerprint density at radius 2 is 2.05 bits per heavy atom. The van der Waals surface area contributed by atoms with Gasteiger partial charge in [0.15, 0.2) is 0 Å². The summed E-state index contributed by atoms with van der Waals surface area (Å²) in [4.78, 5) is 2.68. The Hall–Kier alpha value is -0.160. The van der Waals surface area contributed by atoms with Crippen LogP contribution < -0.4 is 5.32 Å². The fourth-order valence-corrected chi connectivity index (χ4v) is 3.35. The summed E-state index contributed by atoms with van der Waals surface area (Å²) in [5.74, 6) is 1.69. The molecule has 3 atom stereocenters. The van der Waals surface area contributed by atoms with Gasteiger partial charge < -0.3 is 14.8 Å². The van der Waals surface area contributed by atoms with Crippen molar-refractivity contribution >= 4 is 0 Å². The molecule has 1 heterocycles. The summed E-state index contributed by atoms with van der Waals surface area (Å²) < 4.78 is 10.8. The van der Waals surface area contributed by atoms with Gasteiger partial charge in [-0.2, -0.15) is 0 Å². The summed E-state index contributed by atoms with van der Waals surface area (Å²) in [6.07, 6.45) is 5.10. The molecule has 0 amide bonds. The number of hydrogen-bond acceptors (Lipinski definition) is 4. The summed E-state index contributed by atoms with van der Waals surface area (Å²) in [5.41, 5.74) is 0. The number of hydrogen-bond donors (Lipinski definition) is 1. The van der Waals surface area contributed by atoms with Crippen molar-refractivity contribution in [2.45, 2.75) is 51.6 Å². The van der Waals surface area contributed by atoms with Crippen molar-refractivity contribution in [1.29, 1.82) is 0 Å². The molecule has 2 aliphatic rings. The minimum Gasteiger partial charge on any atom is -0.385 e. The smallest absolute Gasteiger partial charge is 0.0593 e. The molecule has 3 unspecified atom stereocenters. The van der Waals surface area contributed by atoms with Gasteiger partial charge in [-0.05, 0) is 31.1 Å². The fraction of sp³-hybridized carbons (Fsp3) is 1.00. The largest absolute Gasteiger partial charge is 0.385 e. The van der Waals surface area contributed by atoms with E-state index in [1.54, 1.807) is 7.11 Å². The Morgan fingerprint density at radius 1 is 1.24 bits per heavy atom. The van der Waals surface area contributed by atoms with Crippen LogP contribution in [0.15, 0.2) is 0 Å². The molecule has 2 rings (SSSR count). The molecule has 0 aromatic rings. The number of rotatable bonds is 10. The maximum Gasteiger partial charge on any atom is 0.0593 e. The minimum absolute atomic E-state index is 0.674. The second kappa shape index (κ2) is 9.09. The van der Waals surface area contributed by atoms with Gasteiger partial charge in [0.2, 0.25) is 0 Å². The first kappa shape index (κ1) is 17.2. The highest BCUT2D eigenvalue weighted by atomic mass is 16.5. The zero-order valence-electron chi connectivity index (χ0n) is 14.1. The van der Waals surface area contributed by atoms with E-state index < -0.39 is 0 Å². The molecule has 0 aromatic heterocycles. The van der Waals surface area contributed by atoms with Crippen LogP contribution in [0, 0.1) is 11.8 Å². The molecule has 0 aromatic carbocycles. The highest BCUT2D eigenvalue weighted by molar-refractivity contribution is 4.95. The monoisotopic (exact) mass is 298 g/mol. The highest BCUT2D eigenvalue weighted by Crippen LogP contribution is 2.34. The van der Waals surface area contributed by atoms with Crippen molar-refractivity contribution in [2.75, 3.05) is 46.6 Å². The third-order valence-corrected chi connectivity index (χ3v) is 5.14. The zero-order chi connectivity index (χ0) is 15.1. The van der Waals surface area contributed by atoms with Crippen LogP contribution in [0.25, 0.3) is 0 Å². The fourth-order valence-electron chi connectivity index (χ4n) is 3.35. The molecular weight excluding hydrogens is 264 g/mol. The topological polar surface area (TPSA) is 33.7 Å². The maximum absolute atomic E-state index is 5.77. The Bertz CT molecular complexity index is 284. The van der Waals surface area contributed by atoms with Crippen LogP contribution in [-0.4, -0.2) is 63.5 Å². The number of ether oxygens (including phenoxy) is 2. The van der Waals surface area contributed by atoms with E-state index in [9.17, 15) is 0 Å². The molecule has 1 saturated heterocycles. The van der Waals surface area contributed by atoms with Gasteiger partial charge in [-0.25, -0.2) is 0 Å². The van der Waals surface area contributed by atoms with Crippen molar-refractivity contribution in [2.24, 2.45) is 11.8 Å². The number of nitrogens with one attached hydrogen (secondary N) is 1. The maximum atomic E-state index is 5.77. The summed E-state index contributed by atoms with van der Waals surface area (Å²) >= 11 is 0. The van der Waals surface area contributed by atoms with Crippen LogP contribution in [0.1, 0.15) is 39.5 Å². The molecule has 1 N–H and O–H groups in total. The second-order valence-corrected chi connectivity index (χ2v) is 6.76. The standard InChI is InChI=1S/C17H34N2O2/c1-4-14(2)17-12-18-16(15-6-7-15)13-19(17)8-11-21-10-5-9-20-3/h14-18H,4-13H2,1-3H3. The van der Waals surface area contributed by atoms with E-state index >= 15 is 0 Å². The van der Waals surface area contributed by atoms with Crippen molar-refractivity contribution in [3.63, 3.8) is 0 Å². The summed E-state index contributed by atoms with van der Waals surface area (Å²) in [5, 5.41) is 3.80. The lowest BCUT2D eigenvalue weighted by molar-refractivity contribution is 0.0383. The molecule has 21 heavy (non-hydrogen) atoms. The molecular formula is C17H34N2O2. The van der Waals surface area contributed by atoms with Crippen LogP contribution >= 0.6 is 0 Å². The van der Waals surface area contributed by atoms with Crippen LogP contribution in [0.2, 0.25) is 0 Å². The predicted octanol–water partition coefficient (Wildman–Crippen LogP) is 2.14. The summed E-state index contributed by atoms with van der Waals surface area (Å²) in [7, 11) is 1.75. The Balaban J connectivity index is 1.73. The summed E-state index contributed by atoms with van der Waals surface area (Å²) in [6.45, 7) is 10.6. The third-order valence-electron chi connectivity index (χ3n) is 5.14. The van der Waals surface area contributed by atoms with Gasteiger partial charge in [0, 0.05) is 52.0 Å². The molecule has 4 nitrogen and oxygen atoms in total. The van der Waals surface area contributed by atoms with Gasteiger partial charge >= 0.3 is 0 Å². The van der Waals surface area contributed by atoms with Crippen molar-refractivity contribution in [3.8, 4) is 0 Å². The molecule has 124 valence electrons. The van der Waals surface area contributed by atoms with Crippen molar-refractivity contribution in [3.05, 3.63) is 0 Å². The van der Waals surface area contributed by atoms with Gasteiger partial charge in [0.1, 0.15) is 0 Å². The molecule has 1 aliphatic heterocycles. The molecule has 1 saturated carbocycles. The van der Waals surface area contributed by atoms with E-state index in [4.69, 9.17) is 9.47 Å². The molecule has 1 aliphatic carbocycles.